The van der Waals surface area contributed by atoms with Crippen molar-refractivity contribution in [2.75, 3.05) is 13.1 Å². The van der Waals surface area contributed by atoms with Crippen LogP contribution < -0.4 is 0 Å². The standard InChI is InChI=1S/C9H13N3O2/c13-9(14)8-7(5-10-11-8)6-12-3-1-2-4-12/h5H,1-4,6H2,(H,10,11)(H,13,14). The van der Waals surface area contributed by atoms with Gasteiger partial charge in [0.25, 0.3) is 0 Å². The highest BCUT2D eigenvalue weighted by Crippen LogP contribution is 2.14. The molecule has 1 saturated heterocycles. The zero-order valence-corrected chi connectivity index (χ0v) is 7.86. The van der Waals surface area contributed by atoms with E-state index in [1.807, 2.05) is 0 Å². The van der Waals surface area contributed by atoms with Gasteiger partial charge in [-0.15, -0.1) is 0 Å². The van der Waals surface area contributed by atoms with Gasteiger partial charge in [-0.3, -0.25) is 10.00 Å². The van der Waals surface area contributed by atoms with Gasteiger partial charge < -0.3 is 5.11 Å². The minimum absolute atomic E-state index is 0.219. The van der Waals surface area contributed by atoms with E-state index in [2.05, 4.69) is 15.1 Å². The Morgan fingerprint density at radius 3 is 2.93 bits per heavy atom. The van der Waals surface area contributed by atoms with Gasteiger partial charge in [0, 0.05) is 12.1 Å². The molecule has 2 heterocycles. The molecule has 5 nitrogen and oxygen atoms in total. The average molecular weight is 195 g/mol. The number of nitrogens with zero attached hydrogens (tertiary/aromatic N) is 2. The van der Waals surface area contributed by atoms with Crippen molar-refractivity contribution >= 4 is 5.97 Å². The largest absolute Gasteiger partial charge is 0.477 e. The van der Waals surface area contributed by atoms with Crippen molar-refractivity contribution in [1.82, 2.24) is 15.1 Å². The van der Waals surface area contributed by atoms with Crippen LogP contribution in [0.3, 0.4) is 0 Å². The summed E-state index contributed by atoms with van der Waals surface area (Å²) in [5, 5.41) is 15.1. The fourth-order valence-electron chi connectivity index (χ4n) is 1.80. The number of carboxylic acids is 1. The SMILES string of the molecule is O=C(O)c1[nH]ncc1CN1CCCC1. The predicted octanol–water partition coefficient (Wildman–Crippen LogP) is 0.704. The van der Waals surface area contributed by atoms with Crippen molar-refractivity contribution < 1.29 is 9.90 Å². The van der Waals surface area contributed by atoms with Crippen LogP contribution in [0.25, 0.3) is 0 Å². The zero-order valence-electron chi connectivity index (χ0n) is 7.86. The minimum Gasteiger partial charge on any atom is -0.477 e. The molecule has 0 atom stereocenters. The van der Waals surface area contributed by atoms with Gasteiger partial charge in [0.1, 0.15) is 5.69 Å². The molecule has 1 aliphatic rings. The lowest BCUT2D eigenvalue weighted by molar-refractivity contribution is 0.0688. The Bertz CT molecular complexity index is 329. The third kappa shape index (κ3) is 1.77. The van der Waals surface area contributed by atoms with Gasteiger partial charge in [-0.1, -0.05) is 0 Å². The second-order valence-corrected chi connectivity index (χ2v) is 3.56. The molecule has 5 heteroatoms. The molecule has 0 spiro atoms. The summed E-state index contributed by atoms with van der Waals surface area (Å²) >= 11 is 0. The summed E-state index contributed by atoms with van der Waals surface area (Å²) in [6, 6.07) is 0. The molecule has 2 rings (SSSR count). The van der Waals surface area contributed by atoms with E-state index in [0.29, 0.717) is 6.54 Å². The molecule has 14 heavy (non-hydrogen) atoms. The topological polar surface area (TPSA) is 69.2 Å². The van der Waals surface area contributed by atoms with Gasteiger partial charge in [0.2, 0.25) is 0 Å². The minimum atomic E-state index is -0.934. The van der Waals surface area contributed by atoms with Gasteiger partial charge in [-0.2, -0.15) is 5.10 Å². The van der Waals surface area contributed by atoms with Crippen LogP contribution in [-0.2, 0) is 6.54 Å². The Balaban J connectivity index is 2.07. The average Bonchev–Trinajstić information content (AvgIpc) is 2.75. The van der Waals surface area contributed by atoms with Crippen molar-refractivity contribution in [3.05, 3.63) is 17.5 Å². The first-order valence-electron chi connectivity index (χ1n) is 4.75. The van der Waals surface area contributed by atoms with E-state index in [0.717, 1.165) is 18.7 Å². The van der Waals surface area contributed by atoms with Gasteiger partial charge in [-0.25, -0.2) is 4.79 Å². The molecular formula is C9H13N3O2. The van der Waals surface area contributed by atoms with Gasteiger partial charge in [-0.05, 0) is 25.9 Å². The summed E-state index contributed by atoms with van der Waals surface area (Å²) in [5.41, 5.74) is 0.997. The van der Waals surface area contributed by atoms with Crippen LogP contribution in [-0.4, -0.2) is 39.3 Å². The zero-order chi connectivity index (χ0) is 9.97. The van der Waals surface area contributed by atoms with Crippen molar-refractivity contribution in [3.63, 3.8) is 0 Å². The van der Waals surface area contributed by atoms with Crippen LogP contribution >= 0.6 is 0 Å². The second kappa shape index (κ2) is 3.79. The van der Waals surface area contributed by atoms with Crippen molar-refractivity contribution in [2.24, 2.45) is 0 Å². The monoisotopic (exact) mass is 195 g/mol. The molecule has 0 bridgehead atoms. The summed E-state index contributed by atoms with van der Waals surface area (Å²) in [5.74, 6) is -0.934. The lowest BCUT2D eigenvalue weighted by Crippen LogP contribution is -2.19. The first kappa shape index (κ1) is 9.21. The highest BCUT2D eigenvalue weighted by Gasteiger charge is 2.17. The van der Waals surface area contributed by atoms with Crippen molar-refractivity contribution in [1.29, 1.82) is 0 Å². The summed E-state index contributed by atoms with van der Waals surface area (Å²) in [4.78, 5) is 13.0. The third-order valence-electron chi connectivity index (χ3n) is 2.52. The number of hydrogen-bond donors (Lipinski definition) is 2. The van der Waals surface area contributed by atoms with Crippen LogP contribution in [0.5, 0.6) is 0 Å². The number of carboxylic acid groups (broad SMARTS) is 1. The number of rotatable bonds is 3. The summed E-state index contributed by atoms with van der Waals surface area (Å²) in [7, 11) is 0. The fraction of sp³-hybridized carbons (Fsp3) is 0.556. The molecule has 0 aromatic carbocycles. The van der Waals surface area contributed by atoms with E-state index in [9.17, 15) is 4.79 Å². The smallest absolute Gasteiger partial charge is 0.354 e. The van der Waals surface area contributed by atoms with Crippen LogP contribution in [0, 0.1) is 0 Å². The number of H-pyrrole nitrogens is 1. The van der Waals surface area contributed by atoms with Gasteiger partial charge in [0.15, 0.2) is 0 Å². The second-order valence-electron chi connectivity index (χ2n) is 3.56. The van der Waals surface area contributed by atoms with E-state index in [1.165, 1.54) is 12.8 Å². The third-order valence-corrected chi connectivity index (χ3v) is 2.52. The summed E-state index contributed by atoms with van der Waals surface area (Å²) in [6.45, 7) is 2.81. The molecule has 76 valence electrons. The summed E-state index contributed by atoms with van der Waals surface area (Å²) < 4.78 is 0. The van der Waals surface area contributed by atoms with E-state index < -0.39 is 5.97 Å². The number of aromatic amines is 1. The lowest BCUT2D eigenvalue weighted by atomic mass is 10.2. The van der Waals surface area contributed by atoms with Gasteiger partial charge in [0.05, 0.1) is 6.20 Å². The number of aromatic carboxylic acids is 1. The molecule has 1 fully saturated rings. The van der Waals surface area contributed by atoms with E-state index in [1.54, 1.807) is 6.20 Å². The quantitative estimate of drug-likeness (QED) is 0.745. The number of likely N-dealkylation sites (tertiary alicyclic amines) is 1. The highest BCUT2D eigenvalue weighted by atomic mass is 16.4. The number of nitrogens with one attached hydrogen (secondary N) is 1. The van der Waals surface area contributed by atoms with Crippen molar-refractivity contribution in [2.45, 2.75) is 19.4 Å². The number of hydrogen-bond acceptors (Lipinski definition) is 3. The van der Waals surface area contributed by atoms with E-state index in [4.69, 9.17) is 5.11 Å². The molecule has 2 N–H and O–H groups in total. The molecular weight excluding hydrogens is 182 g/mol. The molecule has 1 aliphatic heterocycles. The first-order chi connectivity index (χ1) is 6.77. The Morgan fingerprint density at radius 2 is 2.29 bits per heavy atom. The molecule has 1 aromatic rings. The van der Waals surface area contributed by atoms with E-state index >= 15 is 0 Å². The highest BCUT2D eigenvalue weighted by molar-refractivity contribution is 5.86. The maximum absolute atomic E-state index is 10.8. The Hall–Kier alpha value is -1.36. The molecule has 0 aliphatic carbocycles. The molecule has 0 unspecified atom stereocenters. The molecule has 1 aromatic heterocycles. The number of carbonyl (C=O) groups is 1. The molecule has 0 amide bonds. The Morgan fingerprint density at radius 1 is 1.57 bits per heavy atom. The Labute approximate surface area is 81.7 Å². The number of aromatic nitrogens is 2. The Kier molecular flexibility index (Phi) is 2.49. The molecule has 0 saturated carbocycles. The van der Waals surface area contributed by atoms with Crippen molar-refractivity contribution in [3.8, 4) is 0 Å². The molecule has 0 radical (unpaired) electrons. The fourth-order valence-corrected chi connectivity index (χ4v) is 1.80. The van der Waals surface area contributed by atoms with Crippen LogP contribution in [0.2, 0.25) is 0 Å². The predicted molar refractivity (Wildman–Crippen MR) is 50.1 cm³/mol. The maximum atomic E-state index is 10.8. The van der Waals surface area contributed by atoms with Crippen LogP contribution in [0.15, 0.2) is 6.20 Å². The van der Waals surface area contributed by atoms with Crippen LogP contribution in [0.4, 0.5) is 0 Å². The first-order valence-corrected chi connectivity index (χ1v) is 4.75. The normalized spacial score (nSPS) is 17.4. The lowest BCUT2D eigenvalue weighted by Gasteiger charge is -2.13. The van der Waals surface area contributed by atoms with Crippen LogP contribution in [0.1, 0.15) is 28.9 Å². The summed E-state index contributed by atoms with van der Waals surface area (Å²) in [6.07, 6.45) is 4.02. The van der Waals surface area contributed by atoms with E-state index in [-0.39, 0.29) is 5.69 Å². The maximum Gasteiger partial charge on any atom is 0.354 e. The van der Waals surface area contributed by atoms with Gasteiger partial charge >= 0.3 is 5.97 Å².